The monoisotopic (exact) mass is 421 g/mol. The summed E-state index contributed by atoms with van der Waals surface area (Å²) in [6.45, 7) is 4.39. The molecule has 2 fully saturated rings. The number of aliphatic hydroxyl groups excluding tert-OH is 1. The standard InChI is InChI=1S/C18H31NO10/c1-10(20)19-14-13(12(21)11-7-27-16(2,3)28-11)29-18(26-6,15(22)25-5)8-17(14,23)9-24-4/h11-14,21,23H,7-9H2,1-6H3,(H,19,20)/t11-,12+,13+,14+,17+,18+/m1/s1. The first-order chi connectivity index (χ1) is 13.4. The van der Waals surface area contributed by atoms with E-state index in [0.29, 0.717) is 0 Å². The summed E-state index contributed by atoms with van der Waals surface area (Å²) < 4.78 is 32.3. The molecule has 6 atom stereocenters. The van der Waals surface area contributed by atoms with Crippen LogP contribution in [0.5, 0.6) is 0 Å². The zero-order chi connectivity index (χ0) is 22.0. The summed E-state index contributed by atoms with van der Waals surface area (Å²) in [7, 11) is 3.71. The van der Waals surface area contributed by atoms with Gasteiger partial charge in [-0.1, -0.05) is 0 Å². The Balaban J connectivity index is 2.48. The van der Waals surface area contributed by atoms with Crippen LogP contribution in [0.2, 0.25) is 0 Å². The van der Waals surface area contributed by atoms with E-state index in [-0.39, 0.29) is 13.2 Å². The normalized spacial score (nSPS) is 37.7. The fraction of sp³-hybridized carbons (Fsp3) is 0.889. The largest absolute Gasteiger partial charge is 0.465 e. The molecule has 0 radical (unpaired) electrons. The van der Waals surface area contributed by atoms with E-state index in [0.717, 1.165) is 7.11 Å². The molecule has 11 nitrogen and oxygen atoms in total. The van der Waals surface area contributed by atoms with Gasteiger partial charge in [0, 0.05) is 27.6 Å². The van der Waals surface area contributed by atoms with Gasteiger partial charge in [-0.05, 0) is 13.8 Å². The van der Waals surface area contributed by atoms with Gasteiger partial charge in [-0.3, -0.25) is 4.79 Å². The molecule has 0 saturated carbocycles. The van der Waals surface area contributed by atoms with Crippen molar-refractivity contribution in [2.24, 2.45) is 0 Å². The number of nitrogens with one attached hydrogen (secondary N) is 1. The lowest BCUT2D eigenvalue weighted by molar-refractivity contribution is -0.325. The van der Waals surface area contributed by atoms with Gasteiger partial charge in [0.05, 0.1) is 26.4 Å². The second-order valence-corrected chi connectivity index (χ2v) is 7.78. The zero-order valence-corrected chi connectivity index (χ0v) is 17.6. The molecule has 2 saturated heterocycles. The quantitative estimate of drug-likeness (QED) is 0.424. The molecule has 2 aliphatic heterocycles. The molecule has 2 aliphatic rings. The van der Waals surface area contributed by atoms with Crippen molar-refractivity contribution in [3.63, 3.8) is 0 Å². The van der Waals surface area contributed by atoms with Crippen LogP contribution in [0.25, 0.3) is 0 Å². The van der Waals surface area contributed by atoms with Crippen LogP contribution in [0.15, 0.2) is 0 Å². The number of carbonyl (C=O) groups excluding carboxylic acids is 2. The molecule has 0 aliphatic carbocycles. The SMILES string of the molecule is COC[C@@]1(O)C[C@@](OC)(C(=O)OC)O[C@@H]([C@@H](O)[C@H]2COC(C)(C)O2)[C@@H]1NC(C)=O. The van der Waals surface area contributed by atoms with Gasteiger partial charge in [0.25, 0.3) is 5.79 Å². The number of amides is 1. The summed E-state index contributed by atoms with van der Waals surface area (Å²) in [6.07, 6.45) is -3.95. The third-order valence-electron chi connectivity index (χ3n) is 5.10. The Kier molecular flexibility index (Phi) is 7.26. The molecule has 0 aromatic heterocycles. The molecule has 168 valence electrons. The number of hydrogen-bond acceptors (Lipinski definition) is 10. The third-order valence-corrected chi connectivity index (χ3v) is 5.10. The average Bonchev–Trinajstić information content (AvgIpc) is 3.01. The first kappa shape index (κ1) is 23.9. The van der Waals surface area contributed by atoms with Crippen molar-refractivity contribution in [3.05, 3.63) is 0 Å². The first-order valence-corrected chi connectivity index (χ1v) is 9.23. The minimum atomic E-state index is -2.03. The van der Waals surface area contributed by atoms with Crippen LogP contribution < -0.4 is 5.32 Å². The van der Waals surface area contributed by atoms with Crippen molar-refractivity contribution < 1.29 is 48.2 Å². The molecular formula is C18H31NO10. The smallest absolute Gasteiger partial charge is 0.366 e. The number of methoxy groups -OCH3 is 3. The molecule has 0 aromatic carbocycles. The van der Waals surface area contributed by atoms with E-state index in [2.05, 4.69) is 5.32 Å². The van der Waals surface area contributed by atoms with E-state index in [1.807, 2.05) is 0 Å². The topological polar surface area (TPSA) is 142 Å². The highest BCUT2D eigenvalue weighted by molar-refractivity contribution is 5.78. The Hall–Kier alpha value is -1.34. The number of carbonyl (C=O) groups is 2. The highest BCUT2D eigenvalue weighted by atomic mass is 16.8. The molecule has 2 rings (SSSR count). The van der Waals surface area contributed by atoms with Gasteiger partial charge in [0.1, 0.15) is 23.9 Å². The molecule has 2 heterocycles. The van der Waals surface area contributed by atoms with Crippen LogP contribution >= 0.6 is 0 Å². The van der Waals surface area contributed by atoms with Crippen LogP contribution in [0.3, 0.4) is 0 Å². The van der Waals surface area contributed by atoms with Crippen LogP contribution in [0.4, 0.5) is 0 Å². The Morgan fingerprint density at radius 3 is 2.34 bits per heavy atom. The van der Waals surface area contributed by atoms with E-state index in [4.69, 9.17) is 28.4 Å². The molecule has 0 aromatic rings. The van der Waals surface area contributed by atoms with Crippen LogP contribution in [0.1, 0.15) is 27.2 Å². The summed E-state index contributed by atoms with van der Waals surface area (Å²) >= 11 is 0. The fourth-order valence-electron chi connectivity index (χ4n) is 3.82. The molecule has 11 heteroatoms. The predicted molar refractivity (Wildman–Crippen MR) is 96.6 cm³/mol. The summed E-state index contributed by atoms with van der Waals surface area (Å²) in [5.41, 5.74) is -1.83. The van der Waals surface area contributed by atoms with Crippen LogP contribution in [0, 0.1) is 0 Å². The summed E-state index contributed by atoms with van der Waals surface area (Å²) in [6, 6.07) is -1.14. The minimum Gasteiger partial charge on any atom is -0.465 e. The van der Waals surface area contributed by atoms with E-state index < -0.39 is 59.8 Å². The summed E-state index contributed by atoms with van der Waals surface area (Å²) in [5.74, 6) is -4.35. The van der Waals surface area contributed by atoms with Crippen molar-refractivity contribution in [3.8, 4) is 0 Å². The number of esters is 1. The molecule has 1 amide bonds. The maximum absolute atomic E-state index is 12.5. The predicted octanol–water partition coefficient (Wildman–Crippen LogP) is -1.31. The molecule has 29 heavy (non-hydrogen) atoms. The lowest BCUT2D eigenvalue weighted by Gasteiger charge is -2.51. The lowest BCUT2D eigenvalue weighted by Crippen LogP contribution is -2.73. The van der Waals surface area contributed by atoms with Crippen molar-refractivity contribution in [1.29, 1.82) is 0 Å². The first-order valence-electron chi connectivity index (χ1n) is 9.23. The van der Waals surface area contributed by atoms with Gasteiger partial charge in [0.2, 0.25) is 5.91 Å². The van der Waals surface area contributed by atoms with Gasteiger partial charge in [-0.15, -0.1) is 0 Å². The van der Waals surface area contributed by atoms with Crippen molar-refractivity contribution in [1.82, 2.24) is 5.32 Å². The lowest BCUT2D eigenvalue weighted by atomic mass is 9.78. The van der Waals surface area contributed by atoms with E-state index in [1.54, 1.807) is 13.8 Å². The Morgan fingerprint density at radius 2 is 1.90 bits per heavy atom. The van der Waals surface area contributed by atoms with Crippen molar-refractivity contribution in [2.45, 2.75) is 68.7 Å². The molecular weight excluding hydrogens is 390 g/mol. The molecule has 0 bridgehead atoms. The summed E-state index contributed by atoms with van der Waals surface area (Å²) in [4.78, 5) is 24.3. The summed E-state index contributed by atoms with van der Waals surface area (Å²) in [5, 5.41) is 25.0. The number of aliphatic hydroxyl groups is 2. The maximum Gasteiger partial charge on any atom is 0.366 e. The van der Waals surface area contributed by atoms with Crippen molar-refractivity contribution in [2.75, 3.05) is 34.5 Å². The van der Waals surface area contributed by atoms with Crippen LogP contribution in [-0.2, 0) is 38.0 Å². The number of ether oxygens (including phenoxy) is 6. The van der Waals surface area contributed by atoms with Gasteiger partial charge in [-0.2, -0.15) is 0 Å². The van der Waals surface area contributed by atoms with Crippen LogP contribution in [-0.4, -0.2) is 98.2 Å². The number of hydrogen-bond donors (Lipinski definition) is 3. The Bertz CT molecular complexity index is 613. The molecule has 0 unspecified atom stereocenters. The third kappa shape index (κ3) is 4.88. The molecule has 3 N–H and O–H groups in total. The highest BCUT2D eigenvalue weighted by Crippen LogP contribution is 2.40. The Labute approximate surface area is 169 Å². The van der Waals surface area contributed by atoms with Gasteiger partial charge in [-0.25, -0.2) is 4.79 Å². The second kappa shape index (κ2) is 8.80. The van der Waals surface area contributed by atoms with Gasteiger partial charge in [0.15, 0.2) is 5.79 Å². The average molecular weight is 421 g/mol. The minimum absolute atomic E-state index is 0.0434. The molecule has 0 spiro atoms. The second-order valence-electron chi connectivity index (χ2n) is 7.78. The van der Waals surface area contributed by atoms with Gasteiger partial charge < -0.3 is 44.0 Å². The van der Waals surface area contributed by atoms with Gasteiger partial charge >= 0.3 is 5.97 Å². The zero-order valence-electron chi connectivity index (χ0n) is 17.6. The van der Waals surface area contributed by atoms with E-state index in [9.17, 15) is 19.8 Å². The van der Waals surface area contributed by atoms with E-state index >= 15 is 0 Å². The fourth-order valence-corrected chi connectivity index (χ4v) is 3.82. The highest BCUT2D eigenvalue weighted by Gasteiger charge is 2.62. The van der Waals surface area contributed by atoms with E-state index in [1.165, 1.54) is 21.1 Å². The maximum atomic E-state index is 12.5. The number of rotatable bonds is 7. The van der Waals surface area contributed by atoms with Crippen molar-refractivity contribution >= 4 is 11.9 Å². The Morgan fingerprint density at radius 1 is 1.24 bits per heavy atom.